The highest BCUT2D eigenvalue weighted by Gasteiger charge is 2.28. The Kier molecular flexibility index (Phi) is 2.99. The summed E-state index contributed by atoms with van der Waals surface area (Å²) in [4.78, 5) is 0. The molecule has 4 heteroatoms. The number of rotatable bonds is 0. The van der Waals surface area contributed by atoms with Crippen LogP contribution in [-0.4, -0.2) is 4.40 Å². The molecule has 0 atom stereocenters. The highest BCUT2D eigenvalue weighted by molar-refractivity contribution is 6.28. The normalized spacial score (nSPS) is 12.5. The molecule has 0 spiro atoms. The summed E-state index contributed by atoms with van der Waals surface area (Å²) >= 11 is 0. The molecule has 0 bridgehead atoms. The summed E-state index contributed by atoms with van der Waals surface area (Å²) in [6.45, 7) is 2.05. The van der Waals surface area contributed by atoms with Gasteiger partial charge >= 0.3 is 0 Å². The molecule has 0 amide bonds. The third kappa shape index (κ3) is 1.85. The first-order valence-corrected chi connectivity index (χ1v) is 10.3. The molecule has 7 rings (SSSR count). The number of benzene rings is 4. The van der Waals surface area contributed by atoms with E-state index in [-0.39, 0.29) is 11.6 Å². The van der Waals surface area contributed by atoms with Gasteiger partial charge in [0, 0.05) is 22.2 Å². The van der Waals surface area contributed by atoms with Gasteiger partial charge in [-0.3, -0.25) is 0 Å². The fraction of sp³-hybridized carbons (Fsp3) is 0.0741. The zero-order valence-electron chi connectivity index (χ0n) is 17.0. The van der Waals surface area contributed by atoms with Crippen molar-refractivity contribution in [1.82, 2.24) is 4.40 Å². The van der Waals surface area contributed by atoms with E-state index >= 15 is 8.78 Å². The molecule has 0 N–H and O–H groups in total. The van der Waals surface area contributed by atoms with Gasteiger partial charge in [-0.2, -0.15) is 0 Å². The fourth-order valence-corrected chi connectivity index (χ4v) is 5.54. The Morgan fingerprint density at radius 2 is 1.48 bits per heavy atom. The first kappa shape index (κ1) is 16.9. The van der Waals surface area contributed by atoms with Crippen molar-refractivity contribution < 1.29 is 13.3 Å². The molecule has 0 radical (unpaired) electrons. The molecule has 0 unspecified atom stereocenters. The van der Waals surface area contributed by atoms with Crippen LogP contribution in [0.2, 0.25) is 0 Å². The smallest absolute Gasteiger partial charge is 0.224 e. The summed E-state index contributed by atoms with van der Waals surface area (Å²) in [6, 6.07) is 18.8. The van der Waals surface area contributed by atoms with Crippen molar-refractivity contribution in [3.63, 3.8) is 0 Å². The average Bonchev–Trinajstić information content (AvgIpc) is 3.14. The minimum atomic E-state index is -0.279. The Balaban J connectivity index is 2.03. The zero-order valence-corrected chi connectivity index (χ0v) is 17.0. The van der Waals surface area contributed by atoms with Gasteiger partial charge in [-0.15, -0.1) is 0 Å². The molecule has 4 aromatic carbocycles. The Labute approximate surface area is 175 Å². The maximum atomic E-state index is 16.2. The maximum Gasteiger partial charge on any atom is 0.224 e. The molecule has 7 aromatic rings. The number of hydrogen-bond acceptors (Lipinski definition) is 0. The van der Waals surface area contributed by atoms with Crippen LogP contribution < -0.4 is 4.57 Å². The molecular weight excluding hydrogens is 390 g/mol. The monoisotopic (exact) mass is 407 g/mol. The molecule has 31 heavy (non-hydrogen) atoms. The summed E-state index contributed by atoms with van der Waals surface area (Å²) in [5.41, 5.74) is 4.01. The Morgan fingerprint density at radius 3 is 2.29 bits per heavy atom. The van der Waals surface area contributed by atoms with Crippen LogP contribution in [0, 0.1) is 18.6 Å². The maximum absolute atomic E-state index is 16.2. The second-order valence-electron chi connectivity index (χ2n) is 8.38. The van der Waals surface area contributed by atoms with Crippen LogP contribution in [0.25, 0.3) is 59.8 Å². The van der Waals surface area contributed by atoms with Gasteiger partial charge in [-0.1, -0.05) is 42.5 Å². The van der Waals surface area contributed by atoms with Crippen molar-refractivity contribution >= 4 is 59.8 Å². The zero-order chi connectivity index (χ0) is 21.0. The molecule has 3 aromatic heterocycles. The molecule has 2 nitrogen and oxygen atoms in total. The highest BCUT2D eigenvalue weighted by atomic mass is 19.1. The van der Waals surface area contributed by atoms with E-state index in [9.17, 15) is 0 Å². The SMILES string of the molecule is Cc1c2ccccc2c(F)c2c1c1c3c(cc[n+]1C)cc(F)c1c4ccccc4n2c13. The van der Waals surface area contributed by atoms with E-state index in [0.29, 0.717) is 16.3 Å². The summed E-state index contributed by atoms with van der Waals surface area (Å²) in [6.07, 6.45) is 1.93. The van der Waals surface area contributed by atoms with Crippen LogP contribution in [0.1, 0.15) is 5.56 Å². The first-order chi connectivity index (χ1) is 15.1. The molecular formula is C27H17F2N2+. The molecule has 0 fully saturated rings. The second kappa shape index (κ2) is 5.46. The number of hydrogen-bond donors (Lipinski definition) is 0. The Morgan fingerprint density at radius 1 is 0.774 bits per heavy atom. The molecule has 0 aliphatic carbocycles. The van der Waals surface area contributed by atoms with Crippen molar-refractivity contribution in [3.8, 4) is 0 Å². The van der Waals surface area contributed by atoms with Crippen LogP contribution in [-0.2, 0) is 7.05 Å². The molecule has 0 aliphatic heterocycles. The van der Waals surface area contributed by atoms with Crippen LogP contribution in [0.4, 0.5) is 8.78 Å². The van der Waals surface area contributed by atoms with E-state index in [1.165, 1.54) is 0 Å². The number of fused-ring (bicyclic) bond motifs is 7. The van der Waals surface area contributed by atoms with E-state index in [0.717, 1.165) is 49.0 Å². The van der Waals surface area contributed by atoms with Crippen molar-refractivity contribution in [1.29, 1.82) is 0 Å². The Hall–Kier alpha value is -3.79. The van der Waals surface area contributed by atoms with E-state index < -0.39 is 0 Å². The fourth-order valence-electron chi connectivity index (χ4n) is 5.54. The standard InChI is InChI=1S/C27H17F2N2/c1-14-16-7-3-4-8-17(16)24(29)27-21(14)25-22-15(11-12-30(25)2)13-19(28)23-18-9-5-6-10-20(18)31(27)26(22)23/h3-13H,1-2H3/q+1. The van der Waals surface area contributed by atoms with Crippen LogP contribution in [0.5, 0.6) is 0 Å². The quantitative estimate of drug-likeness (QED) is 0.153. The van der Waals surface area contributed by atoms with Crippen LogP contribution >= 0.6 is 0 Å². The summed E-state index contributed by atoms with van der Waals surface area (Å²) in [5.74, 6) is -0.551. The lowest BCUT2D eigenvalue weighted by Gasteiger charge is -2.15. The van der Waals surface area contributed by atoms with E-state index in [4.69, 9.17) is 0 Å². The third-order valence-corrected chi connectivity index (χ3v) is 6.84. The molecule has 0 saturated carbocycles. The van der Waals surface area contributed by atoms with Crippen molar-refractivity contribution in [2.45, 2.75) is 6.92 Å². The van der Waals surface area contributed by atoms with Crippen molar-refractivity contribution in [3.05, 3.63) is 84.1 Å². The summed E-state index contributed by atoms with van der Waals surface area (Å²) < 4.78 is 35.6. The van der Waals surface area contributed by atoms with E-state index in [2.05, 4.69) is 6.92 Å². The van der Waals surface area contributed by atoms with E-state index in [1.54, 1.807) is 6.07 Å². The largest absolute Gasteiger partial charge is 0.305 e. The number of halogens is 2. The van der Waals surface area contributed by atoms with Gasteiger partial charge in [0.25, 0.3) is 0 Å². The van der Waals surface area contributed by atoms with Crippen molar-refractivity contribution in [2.24, 2.45) is 7.05 Å². The van der Waals surface area contributed by atoms with Crippen LogP contribution in [0.15, 0.2) is 66.9 Å². The minimum Gasteiger partial charge on any atom is -0.305 e. The molecule has 148 valence electrons. The number of aromatic nitrogens is 2. The van der Waals surface area contributed by atoms with Gasteiger partial charge in [-0.25, -0.2) is 13.3 Å². The average molecular weight is 407 g/mol. The summed E-state index contributed by atoms with van der Waals surface area (Å²) in [7, 11) is 1.97. The lowest BCUT2D eigenvalue weighted by Crippen LogP contribution is -2.29. The van der Waals surface area contributed by atoms with Gasteiger partial charge in [0.2, 0.25) is 5.52 Å². The minimum absolute atomic E-state index is 0.272. The third-order valence-electron chi connectivity index (χ3n) is 6.84. The second-order valence-corrected chi connectivity index (χ2v) is 8.38. The molecule has 0 saturated heterocycles. The lowest BCUT2D eigenvalue weighted by molar-refractivity contribution is -0.643. The van der Waals surface area contributed by atoms with Gasteiger partial charge < -0.3 is 4.40 Å². The lowest BCUT2D eigenvalue weighted by atomic mass is 9.95. The number of nitrogens with zero attached hydrogens (tertiary/aromatic N) is 2. The predicted molar refractivity (Wildman–Crippen MR) is 122 cm³/mol. The number of aryl methyl sites for hydroxylation is 2. The van der Waals surface area contributed by atoms with Crippen molar-refractivity contribution in [2.75, 3.05) is 0 Å². The molecule has 3 heterocycles. The predicted octanol–water partition coefficient (Wildman–Crippen LogP) is 6.55. The first-order valence-electron chi connectivity index (χ1n) is 10.3. The van der Waals surface area contributed by atoms with Gasteiger partial charge in [0.05, 0.1) is 27.3 Å². The van der Waals surface area contributed by atoms with Gasteiger partial charge in [0.1, 0.15) is 12.9 Å². The van der Waals surface area contributed by atoms with Gasteiger partial charge in [-0.05, 0) is 35.4 Å². The van der Waals surface area contributed by atoms with Crippen LogP contribution in [0.3, 0.4) is 0 Å². The number of para-hydroxylation sites is 1. The molecule has 0 aliphatic rings. The van der Waals surface area contributed by atoms with E-state index in [1.807, 2.05) is 76.8 Å². The highest BCUT2D eigenvalue weighted by Crippen LogP contribution is 2.44. The topological polar surface area (TPSA) is 8.29 Å². The summed E-state index contributed by atoms with van der Waals surface area (Å²) in [5, 5.41) is 5.47. The number of pyridine rings is 2. The van der Waals surface area contributed by atoms with Gasteiger partial charge in [0.15, 0.2) is 12.0 Å². The Bertz CT molecular complexity index is 1880.